The molecule has 0 spiro atoms. The summed E-state index contributed by atoms with van der Waals surface area (Å²) in [7, 11) is 0. The molecule has 0 unspecified atom stereocenters. The predicted molar refractivity (Wildman–Crippen MR) is 124 cm³/mol. The summed E-state index contributed by atoms with van der Waals surface area (Å²) in [6.07, 6.45) is 11.1. The van der Waals surface area contributed by atoms with Gasteiger partial charge in [-0.3, -0.25) is 0 Å². The highest BCUT2D eigenvalue weighted by Crippen LogP contribution is 2.34. The Morgan fingerprint density at radius 1 is 0.967 bits per heavy atom. The highest BCUT2D eigenvalue weighted by atomic mass is 79.9. The maximum Gasteiger partial charge on any atom is 0.227 e. The van der Waals surface area contributed by atoms with E-state index in [9.17, 15) is 0 Å². The molecule has 2 aliphatic rings. The molecule has 5 rings (SSSR count). The van der Waals surface area contributed by atoms with Crippen LogP contribution < -0.4 is 16.4 Å². The molecule has 0 aliphatic heterocycles. The fourth-order valence-electron chi connectivity index (χ4n) is 4.63. The Labute approximate surface area is 185 Å². The van der Waals surface area contributed by atoms with Gasteiger partial charge in [-0.15, -0.1) is 0 Å². The summed E-state index contributed by atoms with van der Waals surface area (Å²) in [6, 6.07) is 9.26. The van der Waals surface area contributed by atoms with Crippen LogP contribution in [-0.4, -0.2) is 31.6 Å². The van der Waals surface area contributed by atoms with E-state index in [2.05, 4.69) is 31.1 Å². The van der Waals surface area contributed by atoms with Crippen molar-refractivity contribution < 1.29 is 0 Å². The number of nitrogens with two attached hydrogens (primary N) is 1. The van der Waals surface area contributed by atoms with E-state index in [-0.39, 0.29) is 0 Å². The first-order valence-electron chi connectivity index (χ1n) is 10.9. The van der Waals surface area contributed by atoms with Gasteiger partial charge in [0.2, 0.25) is 5.95 Å². The SMILES string of the molecule is NC1CCC(Nc2nc(Nc3ccc(Br)cc3)c3ncn(C4CCCC4)c3n2)CC1. The lowest BCUT2D eigenvalue weighted by atomic mass is 9.92. The smallest absolute Gasteiger partial charge is 0.227 e. The number of hydrogen-bond acceptors (Lipinski definition) is 6. The monoisotopic (exact) mass is 469 g/mol. The van der Waals surface area contributed by atoms with Gasteiger partial charge in [0.05, 0.1) is 6.33 Å². The number of fused-ring (bicyclic) bond motifs is 1. The standard InChI is InChI=1S/C22H28BrN7/c23-14-5-9-16(10-6-14)26-20-19-21(30(13-25-19)18-3-1-2-4-18)29-22(28-20)27-17-11-7-15(24)8-12-17/h5-6,9-10,13,15,17-18H,1-4,7-8,11-12,24H2,(H2,26,27,28,29). The van der Waals surface area contributed by atoms with Crippen molar-refractivity contribution in [2.75, 3.05) is 10.6 Å². The summed E-state index contributed by atoms with van der Waals surface area (Å²) < 4.78 is 3.29. The number of nitrogens with zero attached hydrogens (tertiary/aromatic N) is 4. The van der Waals surface area contributed by atoms with Gasteiger partial charge in [0, 0.05) is 28.3 Å². The molecule has 2 aromatic heterocycles. The zero-order valence-corrected chi connectivity index (χ0v) is 18.6. The summed E-state index contributed by atoms with van der Waals surface area (Å²) in [5.41, 5.74) is 8.78. The maximum atomic E-state index is 6.08. The summed E-state index contributed by atoms with van der Waals surface area (Å²) in [4.78, 5) is 14.4. The van der Waals surface area contributed by atoms with E-state index in [0.29, 0.717) is 24.1 Å². The van der Waals surface area contributed by atoms with Crippen molar-refractivity contribution in [3.63, 3.8) is 0 Å². The minimum atomic E-state index is 0.324. The first-order chi connectivity index (χ1) is 14.7. The van der Waals surface area contributed by atoms with E-state index in [4.69, 9.17) is 20.7 Å². The van der Waals surface area contributed by atoms with Gasteiger partial charge in [-0.1, -0.05) is 28.8 Å². The van der Waals surface area contributed by atoms with Gasteiger partial charge in [-0.05, 0) is 62.8 Å². The van der Waals surface area contributed by atoms with Crippen LogP contribution in [0.5, 0.6) is 0 Å². The lowest BCUT2D eigenvalue weighted by Crippen LogP contribution is -2.33. The van der Waals surface area contributed by atoms with E-state index in [1.54, 1.807) is 0 Å². The number of imidazole rings is 1. The van der Waals surface area contributed by atoms with Crippen LogP contribution in [0.15, 0.2) is 35.1 Å². The molecule has 4 N–H and O–H groups in total. The molecule has 0 amide bonds. The van der Waals surface area contributed by atoms with Crippen molar-refractivity contribution in [1.82, 2.24) is 19.5 Å². The molecule has 158 valence electrons. The molecule has 0 saturated heterocycles. The maximum absolute atomic E-state index is 6.08. The Bertz CT molecular complexity index is 1000. The number of hydrogen-bond donors (Lipinski definition) is 3. The van der Waals surface area contributed by atoms with E-state index < -0.39 is 0 Å². The van der Waals surface area contributed by atoms with Gasteiger partial charge in [0.1, 0.15) is 0 Å². The van der Waals surface area contributed by atoms with Gasteiger partial charge in [0.15, 0.2) is 17.0 Å². The number of nitrogens with one attached hydrogen (secondary N) is 2. The van der Waals surface area contributed by atoms with Gasteiger partial charge in [-0.25, -0.2) is 4.98 Å². The van der Waals surface area contributed by atoms with Crippen molar-refractivity contribution in [2.45, 2.75) is 69.5 Å². The van der Waals surface area contributed by atoms with Gasteiger partial charge in [0.25, 0.3) is 0 Å². The first-order valence-corrected chi connectivity index (χ1v) is 11.7. The second-order valence-corrected chi connectivity index (χ2v) is 9.46. The van der Waals surface area contributed by atoms with Crippen molar-refractivity contribution in [3.05, 3.63) is 35.1 Å². The van der Waals surface area contributed by atoms with Crippen LogP contribution in [0.1, 0.15) is 57.4 Å². The van der Waals surface area contributed by atoms with E-state index in [1.807, 2.05) is 30.6 Å². The number of halogens is 1. The Kier molecular flexibility index (Phi) is 5.60. The summed E-state index contributed by atoms with van der Waals surface area (Å²) >= 11 is 3.49. The van der Waals surface area contributed by atoms with Crippen molar-refractivity contribution in [2.24, 2.45) is 5.73 Å². The molecule has 30 heavy (non-hydrogen) atoms. The minimum Gasteiger partial charge on any atom is -0.351 e. The molecule has 3 aromatic rings. The number of anilines is 3. The molecular weight excluding hydrogens is 442 g/mol. The summed E-state index contributed by atoms with van der Waals surface area (Å²) in [5, 5.41) is 7.03. The third kappa shape index (κ3) is 4.16. The van der Waals surface area contributed by atoms with Crippen LogP contribution in [0, 0.1) is 0 Å². The zero-order valence-electron chi connectivity index (χ0n) is 17.0. The van der Waals surface area contributed by atoms with Crippen LogP contribution in [-0.2, 0) is 0 Å². The third-order valence-corrected chi connectivity index (χ3v) is 6.88. The number of aromatic nitrogens is 4. The molecule has 2 fully saturated rings. The van der Waals surface area contributed by atoms with Crippen LogP contribution in [0.2, 0.25) is 0 Å². The number of benzene rings is 1. The Hall–Kier alpha value is -2.19. The fourth-order valence-corrected chi connectivity index (χ4v) is 4.90. The van der Waals surface area contributed by atoms with Crippen molar-refractivity contribution in [1.29, 1.82) is 0 Å². The topological polar surface area (TPSA) is 93.7 Å². The summed E-state index contributed by atoms with van der Waals surface area (Å²) in [5.74, 6) is 1.41. The second kappa shape index (κ2) is 8.51. The highest BCUT2D eigenvalue weighted by Gasteiger charge is 2.24. The van der Waals surface area contributed by atoms with Crippen molar-refractivity contribution >= 4 is 44.5 Å². The van der Waals surface area contributed by atoms with Crippen LogP contribution in [0.25, 0.3) is 11.2 Å². The Morgan fingerprint density at radius 2 is 1.70 bits per heavy atom. The van der Waals surface area contributed by atoms with Gasteiger partial charge < -0.3 is 20.9 Å². The lowest BCUT2D eigenvalue weighted by molar-refractivity contribution is 0.410. The average molecular weight is 470 g/mol. The Balaban J connectivity index is 1.50. The normalized spacial score (nSPS) is 22.5. The van der Waals surface area contributed by atoms with Crippen LogP contribution in [0.3, 0.4) is 0 Å². The molecule has 7 nitrogen and oxygen atoms in total. The number of rotatable bonds is 5. The quantitative estimate of drug-likeness (QED) is 0.479. The molecule has 2 saturated carbocycles. The first kappa shape index (κ1) is 19.8. The van der Waals surface area contributed by atoms with E-state index >= 15 is 0 Å². The predicted octanol–water partition coefficient (Wildman–Crippen LogP) is 5.13. The second-order valence-electron chi connectivity index (χ2n) is 8.55. The molecule has 0 bridgehead atoms. The van der Waals surface area contributed by atoms with Gasteiger partial charge in [-0.2, -0.15) is 9.97 Å². The van der Waals surface area contributed by atoms with Gasteiger partial charge >= 0.3 is 0 Å². The Morgan fingerprint density at radius 3 is 2.43 bits per heavy atom. The average Bonchev–Trinajstić information content (AvgIpc) is 3.41. The molecule has 8 heteroatoms. The van der Waals surface area contributed by atoms with E-state index in [0.717, 1.165) is 52.8 Å². The minimum absolute atomic E-state index is 0.324. The molecule has 2 aliphatic carbocycles. The molecule has 0 atom stereocenters. The lowest BCUT2D eigenvalue weighted by Gasteiger charge is -2.27. The largest absolute Gasteiger partial charge is 0.351 e. The molecular formula is C22H28BrN7. The molecule has 2 heterocycles. The third-order valence-electron chi connectivity index (χ3n) is 6.35. The summed E-state index contributed by atoms with van der Waals surface area (Å²) in [6.45, 7) is 0. The van der Waals surface area contributed by atoms with Crippen LogP contribution >= 0.6 is 15.9 Å². The van der Waals surface area contributed by atoms with Crippen LogP contribution in [0.4, 0.5) is 17.5 Å². The highest BCUT2D eigenvalue weighted by molar-refractivity contribution is 9.10. The zero-order chi connectivity index (χ0) is 20.5. The molecule has 0 radical (unpaired) electrons. The van der Waals surface area contributed by atoms with Crippen molar-refractivity contribution in [3.8, 4) is 0 Å². The fraction of sp³-hybridized carbons (Fsp3) is 0.500. The van der Waals surface area contributed by atoms with E-state index in [1.165, 1.54) is 25.7 Å². The molecule has 1 aromatic carbocycles.